The van der Waals surface area contributed by atoms with Crippen molar-refractivity contribution in [1.82, 2.24) is 0 Å². The number of hydrogen-bond acceptors (Lipinski definition) is 2. The third-order valence-electron chi connectivity index (χ3n) is 4.80. The summed E-state index contributed by atoms with van der Waals surface area (Å²) in [5.41, 5.74) is -0.610. The Hall–Kier alpha value is -2.83. The molecule has 0 bridgehead atoms. The number of carbonyl (C=O) groups is 2. The predicted octanol–water partition coefficient (Wildman–Crippen LogP) is 5.48. The molecule has 1 fully saturated rings. The maximum absolute atomic E-state index is 13.3. The fourth-order valence-corrected chi connectivity index (χ4v) is 3.34. The van der Waals surface area contributed by atoms with Crippen LogP contribution in [0.25, 0.3) is 0 Å². The molecule has 148 valence electrons. The summed E-state index contributed by atoms with van der Waals surface area (Å²) in [7, 11) is 0. The second-order valence-electron chi connectivity index (χ2n) is 6.94. The van der Waals surface area contributed by atoms with Crippen molar-refractivity contribution in [3.8, 4) is 0 Å². The molecule has 1 aliphatic carbocycles. The first kappa shape index (κ1) is 19.9. The SMILES string of the molecule is O=C(Nc1cc(NC(=O)C2CCCCC2)cc(C(F)(F)F)c1)c1ccccc1. The minimum absolute atomic E-state index is 0.0220. The van der Waals surface area contributed by atoms with Crippen LogP contribution >= 0.6 is 0 Å². The van der Waals surface area contributed by atoms with Crippen molar-refractivity contribution in [1.29, 1.82) is 0 Å². The van der Waals surface area contributed by atoms with Gasteiger partial charge in [-0.2, -0.15) is 13.2 Å². The molecule has 3 rings (SSSR count). The Morgan fingerprint density at radius 2 is 1.46 bits per heavy atom. The largest absolute Gasteiger partial charge is 0.416 e. The van der Waals surface area contributed by atoms with Crippen LogP contribution in [-0.4, -0.2) is 11.8 Å². The summed E-state index contributed by atoms with van der Waals surface area (Å²) in [5.74, 6) is -0.991. The quantitative estimate of drug-likeness (QED) is 0.727. The molecule has 1 aliphatic rings. The fraction of sp³-hybridized carbons (Fsp3) is 0.333. The number of rotatable bonds is 4. The lowest BCUT2D eigenvalue weighted by Crippen LogP contribution is -2.25. The van der Waals surface area contributed by atoms with Gasteiger partial charge in [0.2, 0.25) is 5.91 Å². The lowest BCUT2D eigenvalue weighted by Gasteiger charge is -2.21. The number of amides is 2. The summed E-state index contributed by atoms with van der Waals surface area (Å²) in [6.07, 6.45) is -0.163. The molecule has 0 unspecified atom stereocenters. The van der Waals surface area contributed by atoms with E-state index in [1.54, 1.807) is 30.3 Å². The maximum atomic E-state index is 13.3. The first-order chi connectivity index (χ1) is 13.3. The standard InChI is InChI=1S/C21H21F3N2O2/c22-21(23,24)16-11-17(25-19(27)14-7-3-1-4-8-14)13-18(12-16)26-20(28)15-9-5-2-6-10-15/h1,3-4,7-8,11-13,15H,2,5-6,9-10H2,(H,25,27)(H,26,28). The van der Waals surface area contributed by atoms with Crippen molar-refractivity contribution in [2.24, 2.45) is 5.92 Å². The number of anilines is 2. The molecule has 2 aromatic rings. The highest BCUT2D eigenvalue weighted by Gasteiger charge is 2.32. The van der Waals surface area contributed by atoms with Gasteiger partial charge in [0.1, 0.15) is 0 Å². The summed E-state index contributed by atoms with van der Waals surface area (Å²) in [6.45, 7) is 0. The summed E-state index contributed by atoms with van der Waals surface area (Å²) >= 11 is 0. The maximum Gasteiger partial charge on any atom is 0.416 e. The van der Waals surface area contributed by atoms with Crippen LogP contribution in [0, 0.1) is 5.92 Å². The summed E-state index contributed by atoms with van der Waals surface area (Å²) in [4.78, 5) is 24.7. The summed E-state index contributed by atoms with van der Waals surface area (Å²) in [6, 6.07) is 11.3. The number of carbonyl (C=O) groups excluding carboxylic acids is 2. The first-order valence-electron chi connectivity index (χ1n) is 9.22. The van der Waals surface area contributed by atoms with E-state index < -0.39 is 17.6 Å². The highest BCUT2D eigenvalue weighted by atomic mass is 19.4. The van der Waals surface area contributed by atoms with Gasteiger partial charge in [0, 0.05) is 22.9 Å². The van der Waals surface area contributed by atoms with Crippen molar-refractivity contribution in [3.05, 3.63) is 59.7 Å². The monoisotopic (exact) mass is 390 g/mol. The van der Waals surface area contributed by atoms with Gasteiger partial charge in [0.15, 0.2) is 0 Å². The topological polar surface area (TPSA) is 58.2 Å². The van der Waals surface area contributed by atoms with E-state index in [1.165, 1.54) is 6.07 Å². The van der Waals surface area contributed by atoms with Crippen LogP contribution in [0.3, 0.4) is 0 Å². The van der Waals surface area contributed by atoms with E-state index in [0.29, 0.717) is 5.56 Å². The second kappa shape index (κ2) is 8.46. The van der Waals surface area contributed by atoms with Crippen LogP contribution < -0.4 is 10.6 Å². The number of hydrogen-bond donors (Lipinski definition) is 2. The molecule has 0 heterocycles. The highest BCUT2D eigenvalue weighted by Crippen LogP contribution is 2.34. The van der Waals surface area contributed by atoms with E-state index in [-0.39, 0.29) is 23.2 Å². The van der Waals surface area contributed by atoms with Gasteiger partial charge in [-0.05, 0) is 43.2 Å². The molecule has 2 aromatic carbocycles. The van der Waals surface area contributed by atoms with Crippen LogP contribution in [0.4, 0.5) is 24.5 Å². The molecule has 0 radical (unpaired) electrons. The van der Waals surface area contributed by atoms with Crippen LogP contribution in [0.5, 0.6) is 0 Å². The molecule has 2 amide bonds. The smallest absolute Gasteiger partial charge is 0.326 e. The van der Waals surface area contributed by atoms with Gasteiger partial charge in [0.05, 0.1) is 5.56 Å². The highest BCUT2D eigenvalue weighted by molar-refractivity contribution is 6.04. The summed E-state index contributed by atoms with van der Waals surface area (Å²) in [5, 5.41) is 5.06. The van der Waals surface area contributed by atoms with E-state index in [0.717, 1.165) is 44.2 Å². The fourth-order valence-electron chi connectivity index (χ4n) is 3.34. The number of nitrogens with one attached hydrogen (secondary N) is 2. The number of benzene rings is 2. The van der Waals surface area contributed by atoms with Crippen LogP contribution in [0.2, 0.25) is 0 Å². The van der Waals surface area contributed by atoms with Gasteiger partial charge in [-0.25, -0.2) is 0 Å². The first-order valence-corrected chi connectivity index (χ1v) is 9.22. The molecular weight excluding hydrogens is 369 g/mol. The van der Waals surface area contributed by atoms with Gasteiger partial charge in [-0.15, -0.1) is 0 Å². The normalized spacial score (nSPS) is 15.1. The molecule has 1 saturated carbocycles. The molecule has 0 aromatic heterocycles. The number of alkyl halides is 3. The molecule has 0 aliphatic heterocycles. The van der Waals surface area contributed by atoms with Gasteiger partial charge >= 0.3 is 6.18 Å². The summed E-state index contributed by atoms with van der Waals surface area (Å²) < 4.78 is 39.8. The minimum Gasteiger partial charge on any atom is -0.326 e. The predicted molar refractivity (Wildman–Crippen MR) is 101 cm³/mol. The van der Waals surface area contributed by atoms with Crippen molar-refractivity contribution < 1.29 is 22.8 Å². The molecule has 0 spiro atoms. The average Bonchev–Trinajstić information content (AvgIpc) is 2.68. The van der Waals surface area contributed by atoms with E-state index in [2.05, 4.69) is 10.6 Å². The van der Waals surface area contributed by atoms with E-state index in [4.69, 9.17) is 0 Å². The Kier molecular flexibility index (Phi) is 6.02. The van der Waals surface area contributed by atoms with Crippen LogP contribution in [-0.2, 0) is 11.0 Å². The van der Waals surface area contributed by atoms with Gasteiger partial charge < -0.3 is 10.6 Å². The minimum atomic E-state index is -4.60. The van der Waals surface area contributed by atoms with E-state index in [9.17, 15) is 22.8 Å². The Morgan fingerprint density at radius 3 is 2.07 bits per heavy atom. The third-order valence-corrected chi connectivity index (χ3v) is 4.80. The Balaban J connectivity index is 1.82. The van der Waals surface area contributed by atoms with E-state index in [1.807, 2.05) is 0 Å². The second-order valence-corrected chi connectivity index (χ2v) is 6.94. The lowest BCUT2D eigenvalue weighted by molar-refractivity contribution is -0.137. The van der Waals surface area contributed by atoms with Gasteiger partial charge in [-0.1, -0.05) is 37.5 Å². The number of halogens is 3. The Bertz CT molecular complexity index is 844. The van der Waals surface area contributed by atoms with Crippen molar-refractivity contribution in [2.75, 3.05) is 10.6 Å². The van der Waals surface area contributed by atoms with Crippen LogP contribution in [0.1, 0.15) is 48.0 Å². The molecule has 0 saturated heterocycles. The molecule has 2 N–H and O–H groups in total. The Morgan fingerprint density at radius 1 is 0.857 bits per heavy atom. The average molecular weight is 390 g/mol. The third kappa shape index (κ3) is 5.12. The van der Waals surface area contributed by atoms with Crippen LogP contribution in [0.15, 0.2) is 48.5 Å². The molecule has 28 heavy (non-hydrogen) atoms. The molecule has 4 nitrogen and oxygen atoms in total. The van der Waals surface area contributed by atoms with Crippen molar-refractivity contribution in [2.45, 2.75) is 38.3 Å². The molecule has 7 heteroatoms. The lowest BCUT2D eigenvalue weighted by atomic mass is 9.88. The molecule has 0 atom stereocenters. The zero-order valence-corrected chi connectivity index (χ0v) is 15.2. The van der Waals surface area contributed by atoms with Gasteiger partial charge in [0.25, 0.3) is 5.91 Å². The zero-order valence-electron chi connectivity index (χ0n) is 15.2. The molecular formula is C21H21F3N2O2. The van der Waals surface area contributed by atoms with Gasteiger partial charge in [-0.3, -0.25) is 9.59 Å². The van der Waals surface area contributed by atoms with Crippen molar-refractivity contribution >= 4 is 23.2 Å². The van der Waals surface area contributed by atoms with Crippen molar-refractivity contribution in [3.63, 3.8) is 0 Å². The van der Waals surface area contributed by atoms with E-state index >= 15 is 0 Å². The zero-order chi connectivity index (χ0) is 20.1. The Labute approximate surface area is 161 Å².